The molecule has 2 atom stereocenters. The highest BCUT2D eigenvalue weighted by molar-refractivity contribution is 5.92. The Morgan fingerprint density at radius 1 is 1.12 bits per heavy atom. The fraction of sp³-hybridized carbons (Fsp3) is 0.583. The number of nitrogens with zero attached hydrogens (tertiary/aromatic N) is 1. The van der Waals surface area contributed by atoms with E-state index in [1.165, 1.54) is 18.9 Å². The van der Waals surface area contributed by atoms with Crippen molar-refractivity contribution in [3.63, 3.8) is 0 Å². The molecular weight excluding hydrogens is 426 g/mol. The summed E-state index contributed by atoms with van der Waals surface area (Å²) >= 11 is 0. The molecule has 1 aromatic rings. The maximum atomic E-state index is 13.1. The van der Waals surface area contributed by atoms with Crippen molar-refractivity contribution in [2.45, 2.75) is 72.6 Å². The number of hydrogen-bond donors (Lipinski definition) is 2. The quantitative estimate of drug-likeness (QED) is 0.545. The van der Waals surface area contributed by atoms with E-state index in [0.717, 1.165) is 11.1 Å². The molecule has 0 radical (unpaired) electrons. The molecule has 3 amide bonds. The van der Waals surface area contributed by atoms with E-state index in [2.05, 4.69) is 10.6 Å². The van der Waals surface area contributed by atoms with Crippen LogP contribution < -0.4 is 10.6 Å². The maximum Gasteiger partial charge on any atom is 0.408 e. The lowest BCUT2D eigenvalue weighted by atomic mass is 9.97. The fourth-order valence-corrected chi connectivity index (χ4v) is 3.25. The Hall–Kier alpha value is -3.10. The van der Waals surface area contributed by atoms with Crippen molar-refractivity contribution in [3.05, 3.63) is 34.9 Å². The minimum atomic E-state index is -0.955. The largest absolute Gasteiger partial charge is 0.466 e. The number of esters is 1. The van der Waals surface area contributed by atoms with Gasteiger partial charge in [-0.3, -0.25) is 14.4 Å². The molecule has 0 aliphatic carbocycles. The Kier molecular flexibility index (Phi) is 10.3. The molecule has 0 aliphatic heterocycles. The zero-order valence-electron chi connectivity index (χ0n) is 20.9. The first-order chi connectivity index (χ1) is 15.3. The number of alkyl carbamates (subject to hydrolysis) is 1. The number of benzene rings is 1. The number of carbonyl (C=O) groups is 4. The van der Waals surface area contributed by atoms with Gasteiger partial charge in [0, 0.05) is 13.6 Å². The molecule has 0 aliphatic rings. The molecule has 33 heavy (non-hydrogen) atoms. The zero-order valence-corrected chi connectivity index (χ0v) is 20.9. The molecule has 184 valence electrons. The summed E-state index contributed by atoms with van der Waals surface area (Å²) in [5.41, 5.74) is 1.80. The van der Waals surface area contributed by atoms with E-state index in [1.807, 2.05) is 26.0 Å². The summed E-state index contributed by atoms with van der Waals surface area (Å²) in [6, 6.07) is 3.71. The van der Waals surface area contributed by atoms with Crippen molar-refractivity contribution in [1.82, 2.24) is 15.5 Å². The van der Waals surface area contributed by atoms with Crippen LogP contribution in [0.2, 0.25) is 0 Å². The lowest BCUT2D eigenvalue weighted by Gasteiger charge is -2.31. The molecule has 0 aromatic heterocycles. The fourth-order valence-electron chi connectivity index (χ4n) is 3.25. The van der Waals surface area contributed by atoms with Crippen LogP contribution in [0.4, 0.5) is 4.79 Å². The lowest BCUT2D eigenvalue weighted by molar-refractivity contribution is -0.143. The van der Waals surface area contributed by atoms with E-state index in [9.17, 15) is 19.2 Å². The summed E-state index contributed by atoms with van der Waals surface area (Å²) < 4.78 is 10.1. The van der Waals surface area contributed by atoms with Crippen molar-refractivity contribution in [1.29, 1.82) is 0 Å². The van der Waals surface area contributed by atoms with Crippen molar-refractivity contribution >= 4 is 23.9 Å². The summed E-state index contributed by atoms with van der Waals surface area (Å²) in [7, 11) is 1.50. The third-order valence-corrected chi connectivity index (χ3v) is 4.74. The third-order valence-electron chi connectivity index (χ3n) is 4.74. The second kappa shape index (κ2) is 12.2. The minimum Gasteiger partial charge on any atom is -0.466 e. The van der Waals surface area contributed by atoms with Gasteiger partial charge in [-0.25, -0.2) is 4.79 Å². The first-order valence-corrected chi connectivity index (χ1v) is 11.0. The van der Waals surface area contributed by atoms with Crippen molar-refractivity contribution < 1.29 is 28.7 Å². The molecule has 2 unspecified atom stereocenters. The van der Waals surface area contributed by atoms with Crippen LogP contribution in [0.25, 0.3) is 0 Å². The highest BCUT2D eigenvalue weighted by Crippen LogP contribution is 2.25. The summed E-state index contributed by atoms with van der Waals surface area (Å²) in [5.74, 6) is -1.32. The second-order valence-electron chi connectivity index (χ2n) is 8.93. The van der Waals surface area contributed by atoms with Crippen LogP contribution in [-0.4, -0.2) is 60.6 Å². The van der Waals surface area contributed by atoms with Gasteiger partial charge >= 0.3 is 12.1 Å². The molecule has 0 bridgehead atoms. The number of carbonyl (C=O) groups excluding carboxylic acids is 4. The number of rotatable bonds is 9. The van der Waals surface area contributed by atoms with Crippen molar-refractivity contribution in [2.24, 2.45) is 0 Å². The van der Waals surface area contributed by atoms with Crippen LogP contribution in [0, 0.1) is 13.8 Å². The predicted molar refractivity (Wildman–Crippen MR) is 125 cm³/mol. The first kappa shape index (κ1) is 27.9. The molecule has 0 saturated heterocycles. The molecule has 0 spiro atoms. The Morgan fingerprint density at radius 2 is 1.76 bits per heavy atom. The van der Waals surface area contributed by atoms with Crippen molar-refractivity contribution in [3.8, 4) is 0 Å². The van der Waals surface area contributed by atoms with Gasteiger partial charge in [-0.15, -0.1) is 0 Å². The van der Waals surface area contributed by atoms with Gasteiger partial charge in [-0.05, 0) is 59.6 Å². The lowest BCUT2D eigenvalue weighted by Crippen LogP contribution is -2.50. The SMILES string of the molecule is CCOC(=O)CCNC(=O)C(c1ccc(C)cc1C)N(C)C(=O)C(C)NC(=O)OC(C)(C)C. The Balaban J connectivity index is 3.06. The topological polar surface area (TPSA) is 114 Å². The van der Waals surface area contributed by atoms with Gasteiger partial charge in [-0.2, -0.15) is 0 Å². The number of nitrogens with one attached hydrogen (secondary N) is 2. The van der Waals surface area contributed by atoms with E-state index in [1.54, 1.807) is 33.8 Å². The maximum absolute atomic E-state index is 13.1. The second-order valence-corrected chi connectivity index (χ2v) is 8.93. The Morgan fingerprint density at radius 3 is 2.30 bits per heavy atom. The molecule has 1 rings (SSSR count). The minimum absolute atomic E-state index is 0.0213. The molecule has 0 fully saturated rings. The molecular formula is C24H37N3O6. The Bertz CT molecular complexity index is 862. The summed E-state index contributed by atoms with van der Waals surface area (Å²) in [6.45, 7) is 12.5. The van der Waals surface area contributed by atoms with Gasteiger partial charge in [-0.1, -0.05) is 23.8 Å². The monoisotopic (exact) mass is 463 g/mol. The standard InChI is InChI=1S/C24H37N3O6/c1-9-32-19(28)12-13-25-21(29)20(18-11-10-15(2)14-16(18)3)27(8)22(30)17(4)26-23(31)33-24(5,6)7/h10-11,14,17,20H,9,12-13H2,1-8H3,(H,25,29)(H,26,31). The smallest absolute Gasteiger partial charge is 0.408 e. The van der Waals surface area contributed by atoms with Crippen LogP contribution in [0.5, 0.6) is 0 Å². The molecule has 9 heteroatoms. The highest BCUT2D eigenvalue weighted by Gasteiger charge is 2.33. The number of amides is 3. The number of aryl methyl sites for hydroxylation is 2. The average molecular weight is 464 g/mol. The highest BCUT2D eigenvalue weighted by atomic mass is 16.6. The molecule has 2 N–H and O–H groups in total. The van der Waals surface area contributed by atoms with Crippen LogP contribution in [0.15, 0.2) is 18.2 Å². The number of likely N-dealkylation sites (N-methyl/N-ethyl adjacent to an activating group) is 1. The predicted octanol–water partition coefficient (Wildman–Crippen LogP) is 2.79. The van der Waals surface area contributed by atoms with E-state index < -0.39 is 41.6 Å². The zero-order chi connectivity index (χ0) is 25.3. The average Bonchev–Trinajstić information content (AvgIpc) is 2.67. The van der Waals surface area contributed by atoms with Crippen LogP contribution >= 0.6 is 0 Å². The van der Waals surface area contributed by atoms with Crippen LogP contribution in [0.3, 0.4) is 0 Å². The molecule has 0 heterocycles. The van der Waals surface area contributed by atoms with Gasteiger partial charge in [0.05, 0.1) is 13.0 Å². The van der Waals surface area contributed by atoms with Gasteiger partial charge in [0.1, 0.15) is 17.7 Å². The van der Waals surface area contributed by atoms with Gasteiger partial charge < -0.3 is 25.0 Å². The van der Waals surface area contributed by atoms with Crippen LogP contribution in [0.1, 0.15) is 63.8 Å². The van der Waals surface area contributed by atoms with E-state index in [0.29, 0.717) is 5.56 Å². The van der Waals surface area contributed by atoms with Gasteiger partial charge in [0.15, 0.2) is 0 Å². The number of hydrogen-bond acceptors (Lipinski definition) is 6. The summed E-state index contributed by atoms with van der Waals surface area (Å²) in [4.78, 5) is 51.2. The first-order valence-electron chi connectivity index (χ1n) is 11.0. The molecule has 0 saturated carbocycles. The van der Waals surface area contributed by atoms with Crippen molar-refractivity contribution in [2.75, 3.05) is 20.2 Å². The normalized spacial score (nSPS) is 12.8. The Labute approximate surface area is 196 Å². The van der Waals surface area contributed by atoms with Crippen LogP contribution in [-0.2, 0) is 23.9 Å². The molecule has 9 nitrogen and oxygen atoms in total. The van der Waals surface area contributed by atoms with E-state index in [-0.39, 0.29) is 19.6 Å². The van der Waals surface area contributed by atoms with Gasteiger partial charge in [0.2, 0.25) is 11.8 Å². The molecule has 1 aromatic carbocycles. The summed E-state index contributed by atoms with van der Waals surface area (Å²) in [6.07, 6.45) is -0.702. The number of ether oxygens (including phenoxy) is 2. The summed E-state index contributed by atoms with van der Waals surface area (Å²) in [5, 5.41) is 5.23. The van der Waals surface area contributed by atoms with E-state index in [4.69, 9.17) is 9.47 Å². The van der Waals surface area contributed by atoms with Gasteiger partial charge in [0.25, 0.3) is 0 Å². The third kappa shape index (κ3) is 9.11. The van der Waals surface area contributed by atoms with E-state index >= 15 is 0 Å².